The predicted molar refractivity (Wildman–Crippen MR) is 81.3 cm³/mol. The molecular formula is C15H13ClN4. The van der Waals surface area contributed by atoms with Gasteiger partial charge in [-0.15, -0.1) is 0 Å². The van der Waals surface area contributed by atoms with Gasteiger partial charge in [0, 0.05) is 30.0 Å². The van der Waals surface area contributed by atoms with E-state index in [0.29, 0.717) is 10.8 Å². The van der Waals surface area contributed by atoms with Gasteiger partial charge >= 0.3 is 0 Å². The molecular weight excluding hydrogens is 272 g/mol. The average Bonchev–Trinajstić information content (AvgIpc) is 2.76. The number of hydrogen-bond donors (Lipinski definition) is 1. The second kappa shape index (κ2) is 4.98. The molecule has 0 fully saturated rings. The minimum atomic E-state index is 0.603. The Bertz CT molecular complexity index is 750. The highest BCUT2D eigenvalue weighted by atomic mass is 35.5. The molecule has 0 amide bonds. The zero-order valence-electron chi connectivity index (χ0n) is 10.9. The number of rotatable bonds is 2. The van der Waals surface area contributed by atoms with Crippen LogP contribution in [0.5, 0.6) is 0 Å². The largest absolute Gasteiger partial charge is 0.383 e. The average molecular weight is 285 g/mol. The Morgan fingerprint density at radius 1 is 1.15 bits per heavy atom. The monoisotopic (exact) mass is 284 g/mol. The molecule has 0 atom stereocenters. The molecule has 2 heterocycles. The number of aromatic nitrogens is 3. The fraction of sp³-hybridized carbons (Fsp3) is 0.0667. The highest BCUT2D eigenvalue weighted by molar-refractivity contribution is 6.30. The standard InChI is InChI=1S/C15H13ClN4/c1-20-15(17)13(10-4-2-6-12(16)8-10)14(19-20)11-5-3-7-18-9-11/h2-9H,17H2,1H3. The minimum Gasteiger partial charge on any atom is -0.383 e. The van der Waals surface area contributed by atoms with Gasteiger partial charge < -0.3 is 5.73 Å². The van der Waals surface area contributed by atoms with Crippen LogP contribution in [0.1, 0.15) is 0 Å². The summed E-state index contributed by atoms with van der Waals surface area (Å²) in [5, 5.41) is 5.16. The van der Waals surface area contributed by atoms with Crippen LogP contribution in [0, 0.1) is 0 Å². The van der Waals surface area contributed by atoms with Crippen LogP contribution in [0.25, 0.3) is 22.4 Å². The molecule has 100 valence electrons. The summed E-state index contributed by atoms with van der Waals surface area (Å²) in [6, 6.07) is 11.4. The Labute approximate surface area is 121 Å². The van der Waals surface area contributed by atoms with Crippen LogP contribution in [-0.2, 0) is 7.05 Å². The van der Waals surface area contributed by atoms with Gasteiger partial charge in [-0.25, -0.2) is 0 Å². The molecule has 1 aromatic carbocycles. The van der Waals surface area contributed by atoms with E-state index in [-0.39, 0.29) is 0 Å². The highest BCUT2D eigenvalue weighted by Gasteiger charge is 2.17. The third-order valence-electron chi connectivity index (χ3n) is 3.14. The summed E-state index contributed by atoms with van der Waals surface area (Å²) in [6.45, 7) is 0. The number of hydrogen-bond acceptors (Lipinski definition) is 3. The first-order valence-electron chi connectivity index (χ1n) is 6.15. The summed E-state index contributed by atoms with van der Waals surface area (Å²) in [4.78, 5) is 4.14. The van der Waals surface area contributed by atoms with Crippen LogP contribution < -0.4 is 5.73 Å². The lowest BCUT2D eigenvalue weighted by molar-refractivity contribution is 0.782. The fourth-order valence-electron chi connectivity index (χ4n) is 2.17. The van der Waals surface area contributed by atoms with Gasteiger partial charge in [0.05, 0.1) is 5.56 Å². The highest BCUT2D eigenvalue weighted by Crippen LogP contribution is 2.36. The fourth-order valence-corrected chi connectivity index (χ4v) is 2.36. The van der Waals surface area contributed by atoms with Gasteiger partial charge in [0.1, 0.15) is 11.5 Å². The zero-order chi connectivity index (χ0) is 14.1. The maximum absolute atomic E-state index is 6.16. The summed E-state index contributed by atoms with van der Waals surface area (Å²) in [7, 11) is 1.82. The molecule has 2 N–H and O–H groups in total. The van der Waals surface area contributed by atoms with E-state index < -0.39 is 0 Å². The molecule has 0 saturated heterocycles. The van der Waals surface area contributed by atoms with Gasteiger partial charge in [0.15, 0.2) is 0 Å². The zero-order valence-corrected chi connectivity index (χ0v) is 11.7. The van der Waals surface area contributed by atoms with Gasteiger partial charge in [-0.2, -0.15) is 5.10 Å². The number of nitrogen functional groups attached to an aromatic ring is 1. The molecule has 0 aliphatic heterocycles. The summed E-state index contributed by atoms with van der Waals surface area (Å²) in [5.41, 5.74) is 9.72. The first-order chi connectivity index (χ1) is 9.66. The molecule has 20 heavy (non-hydrogen) atoms. The summed E-state index contributed by atoms with van der Waals surface area (Å²) in [5.74, 6) is 0.603. The molecule has 0 saturated carbocycles. The van der Waals surface area contributed by atoms with Crippen LogP contribution in [0.4, 0.5) is 5.82 Å². The summed E-state index contributed by atoms with van der Waals surface area (Å²) in [6.07, 6.45) is 3.50. The maximum Gasteiger partial charge on any atom is 0.129 e. The van der Waals surface area contributed by atoms with Crippen molar-refractivity contribution in [2.75, 3.05) is 5.73 Å². The molecule has 0 radical (unpaired) electrons. The Morgan fingerprint density at radius 2 is 1.95 bits per heavy atom. The second-order valence-corrected chi connectivity index (χ2v) is 4.92. The molecule has 0 aliphatic rings. The van der Waals surface area contributed by atoms with Crippen molar-refractivity contribution in [3.05, 3.63) is 53.8 Å². The van der Waals surface area contributed by atoms with Crippen LogP contribution in [0.15, 0.2) is 48.8 Å². The third kappa shape index (κ3) is 2.14. The van der Waals surface area contributed by atoms with E-state index in [1.165, 1.54) is 0 Å². The van der Waals surface area contributed by atoms with Crippen molar-refractivity contribution >= 4 is 17.4 Å². The lowest BCUT2D eigenvalue weighted by Gasteiger charge is -2.04. The van der Waals surface area contributed by atoms with E-state index in [4.69, 9.17) is 17.3 Å². The molecule has 4 nitrogen and oxygen atoms in total. The lowest BCUT2D eigenvalue weighted by Crippen LogP contribution is -1.97. The Balaban J connectivity index is 2.25. The van der Waals surface area contributed by atoms with E-state index in [9.17, 15) is 0 Å². The normalized spacial score (nSPS) is 10.7. The summed E-state index contributed by atoms with van der Waals surface area (Å²) >= 11 is 6.07. The molecule has 3 rings (SSSR count). The number of nitrogens with zero attached hydrogens (tertiary/aromatic N) is 3. The molecule has 0 aliphatic carbocycles. The van der Waals surface area contributed by atoms with E-state index >= 15 is 0 Å². The molecule has 3 aromatic rings. The number of halogens is 1. The van der Waals surface area contributed by atoms with Crippen molar-refractivity contribution < 1.29 is 0 Å². The van der Waals surface area contributed by atoms with Crippen LogP contribution in [0.2, 0.25) is 5.02 Å². The number of aryl methyl sites for hydroxylation is 1. The SMILES string of the molecule is Cn1nc(-c2cccnc2)c(-c2cccc(Cl)c2)c1N. The predicted octanol–water partition coefficient (Wildman–Crippen LogP) is 3.38. The summed E-state index contributed by atoms with van der Waals surface area (Å²) < 4.78 is 1.67. The van der Waals surface area contributed by atoms with Crippen molar-refractivity contribution in [2.24, 2.45) is 7.05 Å². The molecule has 0 unspecified atom stereocenters. The van der Waals surface area contributed by atoms with Gasteiger partial charge in [-0.1, -0.05) is 23.7 Å². The van der Waals surface area contributed by atoms with E-state index in [2.05, 4.69) is 10.1 Å². The Kier molecular flexibility index (Phi) is 3.16. The van der Waals surface area contributed by atoms with Gasteiger partial charge in [0.2, 0.25) is 0 Å². The minimum absolute atomic E-state index is 0.603. The van der Waals surface area contributed by atoms with Gasteiger partial charge in [-0.05, 0) is 29.8 Å². The van der Waals surface area contributed by atoms with E-state index in [1.54, 1.807) is 17.1 Å². The molecule has 5 heteroatoms. The second-order valence-electron chi connectivity index (χ2n) is 4.48. The van der Waals surface area contributed by atoms with Crippen molar-refractivity contribution in [3.8, 4) is 22.4 Å². The van der Waals surface area contributed by atoms with Crippen molar-refractivity contribution in [2.45, 2.75) is 0 Å². The van der Waals surface area contributed by atoms with Crippen LogP contribution >= 0.6 is 11.6 Å². The van der Waals surface area contributed by atoms with Crippen LogP contribution in [-0.4, -0.2) is 14.8 Å². The first kappa shape index (κ1) is 12.7. The van der Waals surface area contributed by atoms with E-state index in [0.717, 1.165) is 22.4 Å². The Morgan fingerprint density at radius 3 is 2.65 bits per heavy atom. The smallest absolute Gasteiger partial charge is 0.129 e. The number of pyridine rings is 1. The first-order valence-corrected chi connectivity index (χ1v) is 6.53. The Hall–Kier alpha value is -2.33. The lowest BCUT2D eigenvalue weighted by atomic mass is 10.0. The van der Waals surface area contributed by atoms with Gasteiger partial charge in [0.25, 0.3) is 0 Å². The van der Waals surface area contributed by atoms with Crippen LogP contribution in [0.3, 0.4) is 0 Å². The number of benzene rings is 1. The number of nitrogens with two attached hydrogens (primary N) is 1. The molecule has 0 bridgehead atoms. The van der Waals surface area contributed by atoms with Gasteiger partial charge in [-0.3, -0.25) is 9.67 Å². The molecule has 0 spiro atoms. The quantitative estimate of drug-likeness (QED) is 0.785. The number of anilines is 1. The third-order valence-corrected chi connectivity index (χ3v) is 3.37. The van der Waals surface area contributed by atoms with E-state index in [1.807, 2.05) is 43.4 Å². The van der Waals surface area contributed by atoms with Crippen molar-refractivity contribution in [3.63, 3.8) is 0 Å². The van der Waals surface area contributed by atoms with Crippen molar-refractivity contribution in [1.29, 1.82) is 0 Å². The maximum atomic E-state index is 6.16. The van der Waals surface area contributed by atoms with Crippen molar-refractivity contribution in [1.82, 2.24) is 14.8 Å². The topological polar surface area (TPSA) is 56.7 Å². The molecule has 2 aromatic heterocycles.